The molecule has 0 aliphatic carbocycles. The van der Waals surface area contributed by atoms with Crippen molar-refractivity contribution in [1.82, 2.24) is 29.4 Å². The maximum atomic E-state index is 10.8. The summed E-state index contributed by atoms with van der Waals surface area (Å²) in [6, 6.07) is 0. The second-order valence-electron chi connectivity index (χ2n) is 6.42. The molecule has 0 radical (unpaired) electrons. The molecule has 0 spiro atoms. The molecule has 2 aromatic heterocycles. The Kier molecular flexibility index (Phi) is 6.12. The van der Waals surface area contributed by atoms with E-state index in [0.717, 1.165) is 51.6 Å². The summed E-state index contributed by atoms with van der Waals surface area (Å²) in [6.45, 7) is 7.82. The predicted molar refractivity (Wildman–Crippen MR) is 96.6 cm³/mol. The zero-order valence-electron chi connectivity index (χ0n) is 14.7. The van der Waals surface area contributed by atoms with E-state index in [-0.39, 0.29) is 11.6 Å². The molecule has 1 atom stereocenters. The average Bonchev–Trinajstić information content (AvgIpc) is 3.23. The van der Waals surface area contributed by atoms with Crippen LogP contribution in [0.25, 0.3) is 0 Å². The van der Waals surface area contributed by atoms with Crippen LogP contribution in [0.15, 0.2) is 12.4 Å². The first-order valence-corrected chi connectivity index (χ1v) is 9.07. The van der Waals surface area contributed by atoms with Gasteiger partial charge < -0.3 is 9.30 Å². The quantitative estimate of drug-likeness (QED) is 0.420. The van der Waals surface area contributed by atoms with Crippen molar-refractivity contribution in [3.63, 3.8) is 0 Å². The number of hydrogen-bond donors (Lipinski definition) is 1. The Hall–Kier alpha value is -2.11. The molecule has 0 saturated carbocycles. The Bertz CT molecular complexity index is 793. The second-order valence-corrected chi connectivity index (χ2v) is 6.81. The minimum atomic E-state index is -0.449. The normalized spacial score (nSPS) is 16.7. The van der Waals surface area contributed by atoms with Crippen molar-refractivity contribution in [3.05, 3.63) is 33.1 Å². The van der Waals surface area contributed by atoms with Gasteiger partial charge in [-0.15, -0.1) is 0 Å². The molecule has 1 saturated heterocycles. The molecule has 26 heavy (non-hydrogen) atoms. The van der Waals surface area contributed by atoms with Gasteiger partial charge in [-0.1, -0.05) is 6.92 Å². The van der Waals surface area contributed by atoms with Gasteiger partial charge in [0.05, 0.1) is 24.7 Å². The van der Waals surface area contributed by atoms with Crippen LogP contribution < -0.4 is 0 Å². The molecule has 2 aromatic rings. The fourth-order valence-corrected chi connectivity index (χ4v) is 3.34. The van der Waals surface area contributed by atoms with Crippen molar-refractivity contribution in [1.29, 1.82) is 0 Å². The lowest BCUT2D eigenvalue weighted by Crippen LogP contribution is -2.37. The number of ether oxygens (including phenoxy) is 1. The van der Waals surface area contributed by atoms with Crippen molar-refractivity contribution in [2.75, 3.05) is 32.8 Å². The van der Waals surface area contributed by atoms with Crippen LogP contribution in [-0.2, 0) is 17.8 Å². The van der Waals surface area contributed by atoms with Gasteiger partial charge in [0, 0.05) is 32.1 Å². The molecule has 0 bridgehead atoms. The Balaban J connectivity index is 1.60. The molecule has 3 heterocycles. The number of H-pyrrole nitrogens is 1. The molecule has 3 rings (SSSR count). The van der Waals surface area contributed by atoms with Crippen LogP contribution in [0.1, 0.15) is 25.1 Å². The number of aromatic nitrogens is 5. The van der Waals surface area contributed by atoms with E-state index in [9.17, 15) is 10.1 Å². The molecule has 0 unspecified atom stereocenters. The van der Waals surface area contributed by atoms with Gasteiger partial charge in [-0.05, 0) is 18.6 Å². The van der Waals surface area contributed by atoms with Crippen molar-refractivity contribution < 1.29 is 9.66 Å². The van der Waals surface area contributed by atoms with Gasteiger partial charge in [-0.25, -0.2) is 0 Å². The highest BCUT2D eigenvalue weighted by atomic mass is 32.1. The van der Waals surface area contributed by atoms with Crippen molar-refractivity contribution in [2.45, 2.75) is 32.4 Å². The summed E-state index contributed by atoms with van der Waals surface area (Å²) in [7, 11) is 0. The summed E-state index contributed by atoms with van der Waals surface area (Å²) in [5, 5.41) is 22.0. The minimum absolute atomic E-state index is 0.0124. The van der Waals surface area contributed by atoms with Crippen LogP contribution in [-0.4, -0.2) is 67.2 Å². The van der Waals surface area contributed by atoms with E-state index in [2.05, 4.69) is 20.2 Å². The van der Waals surface area contributed by atoms with Gasteiger partial charge >= 0.3 is 5.69 Å². The number of nitrogens with one attached hydrogen (secondary N) is 1. The topological polar surface area (TPSA) is 107 Å². The average molecular weight is 381 g/mol. The maximum absolute atomic E-state index is 10.8. The standard InChI is InChI=1S/C15H23N7O3S/c1-12(10-20-11-13(9-16-20)22(23)24)14-17-18-15(26)21(14)4-2-3-19-5-7-25-8-6-19/h9,11-12H,2-8,10H2,1H3,(H,18,26)/t12-/m0/s1. The van der Waals surface area contributed by atoms with Crippen LogP contribution in [0.2, 0.25) is 0 Å². The number of hydrogen-bond acceptors (Lipinski definition) is 7. The van der Waals surface area contributed by atoms with Crippen molar-refractivity contribution >= 4 is 17.9 Å². The van der Waals surface area contributed by atoms with Gasteiger partial charge in [0.15, 0.2) is 4.77 Å². The molecular formula is C15H23N7O3S. The molecule has 0 aromatic carbocycles. The highest BCUT2D eigenvalue weighted by Gasteiger charge is 2.18. The smallest absolute Gasteiger partial charge is 0.306 e. The summed E-state index contributed by atoms with van der Waals surface area (Å²) in [6.07, 6.45) is 3.66. The van der Waals surface area contributed by atoms with Gasteiger partial charge in [0.2, 0.25) is 0 Å². The fraction of sp³-hybridized carbons (Fsp3) is 0.667. The number of nitrogens with zero attached hydrogens (tertiary/aromatic N) is 6. The van der Waals surface area contributed by atoms with E-state index in [4.69, 9.17) is 17.0 Å². The highest BCUT2D eigenvalue weighted by molar-refractivity contribution is 7.71. The van der Waals surface area contributed by atoms with E-state index in [1.165, 1.54) is 12.4 Å². The maximum Gasteiger partial charge on any atom is 0.306 e. The summed E-state index contributed by atoms with van der Waals surface area (Å²) >= 11 is 5.36. The predicted octanol–water partition coefficient (Wildman–Crippen LogP) is 1.57. The molecule has 11 heteroatoms. The van der Waals surface area contributed by atoms with Crippen LogP contribution in [0.4, 0.5) is 5.69 Å². The highest BCUT2D eigenvalue weighted by Crippen LogP contribution is 2.17. The largest absolute Gasteiger partial charge is 0.379 e. The van der Waals surface area contributed by atoms with Gasteiger partial charge in [-0.2, -0.15) is 10.2 Å². The number of rotatable bonds is 8. The fourth-order valence-electron chi connectivity index (χ4n) is 3.11. The zero-order chi connectivity index (χ0) is 18.5. The number of aromatic amines is 1. The van der Waals surface area contributed by atoms with Crippen LogP contribution in [0.3, 0.4) is 0 Å². The molecule has 1 aliphatic rings. The summed E-state index contributed by atoms with van der Waals surface area (Å²) < 4.78 is 9.54. The Morgan fingerprint density at radius 3 is 2.88 bits per heavy atom. The third-order valence-electron chi connectivity index (χ3n) is 4.48. The van der Waals surface area contributed by atoms with Gasteiger partial charge in [-0.3, -0.25) is 24.8 Å². The van der Waals surface area contributed by atoms with Crippen LogP contribution >= 0.6 is 12.2 Å². The minimum Gasteiger partial charge on any atom is -0.379 e. The lowest BCUT2D eigenvalue weighted by Gasteiger charge is -2.26. The van der Waals surface area contributed by atoms with E-state index in [0.29, 0.717) is 11.3 Å². The Labute approximate surface area is 155 Å². The number of morpholine rings is 1. The molecule has 1 N–H and O–H groups in total. The Morgan fingerprint density at radius 1 is 1.42 bits per heavy atom. The molecule has 142 valence electrons. The van der Waals surface area contributed by atoms with E-state index in [1.54, 1.807) is 4.68 Å². The van der Waals surface area contributed by atoms with Crippen LogP contribution in [0, 0.1) is 14.9 Å². The van der Waals surface area contributed by atoms with E-state index in [1.807, 2.05) is 11.5 Å². The summed E-state index contributed by atoms with van der Waals surface area (Å²) in [5.74, 6) is 0.862. The third kappa shape index (κ3) is 4.54. The second kappa shape index (κ2) is 8.52. The van der Waals surface area contributed by atoms with Gasteiger partial charge in [0.25, 0.3) is 0 Å². The third-order valence-corrected chi connectivity index (χ3v) is 4.79. The zero-order valence-corrected chi connectivity index (χ0v) is 15.5. The SMILES string of the molecule is C[C@@H](Cn1cc([N+](=O)[O-])cn1)c1n[nH]c(=S)n1CCCN1CCOCC1. The molecule has 10 nitrogen and oxygen atoms in total. The Morgan fingerprint density at radius 2 is 2.19 bits per heavy atom. The van der Waals surface area contributed by atoms with Crippen LogP contribution in [0.5, 0.6) is 0 Å². The molecule has 1 aliphatic heterocycles. The van der Waals surface area contributed by atoms with Crippen molar-refractivity contribution in [2.24, 2.45) is 0 Å². The lowest BCUT2D eigenvalue weighted by atomic mass is 10.1. The number of nitro groups is 1. The lowest BCUT2D eigenvalue weighted by molar-refractivity contribution is -0.385. The summed E-state index contributed by atoms with van der Waals surface area (Å²) in [5.41, 5.74) is -0.0124. The molecule has 0 amide bonds. The monoisotopic (exact) mass is 381 g/mol. The molecule has 1 fully saturated rings. The first kappa shape index (κ1) is 18.7. The summed E-state index contributed by atoms with van der Waals surface area (Å²) in [4.78, 5) is 12.7. The molecular weight excluding hydrogens is 358 g/mol. The first-order chi connectivity index (χ1) is 12.5. The van der Waals surface area contributed by atoms with E-state index >= 15 is 0 Å². The first-order valence-electron chi connectivity index (χ1n) is 8.66. The van der Waals surface area contributed by atoms with Crippen molar-refractivity contribution in [3.8, 4) is 0 Å². The van der Waals surface area contributed by atoms with E-state index < -0.39 is 4.92 Å². The van der Waals surface area contributed by atoms with Gasteiger partial charge in [0.1, 0.15) is 18.2 Å².